The Balaban J connectivity index is 1.56. The van der Waals surface area contributed by atoms with Gasteiger partial charge < -0.3 is 19.3 Å². The molecule has 0 bridgehead atoms. The van der Waals surface area contributed by atoms with Crippen LogP contribution in [0.2, 0.25) is 0 Å². The summed E-state index contributed by atoms with van der Waals surface area (Å²) in [4.78, 5) is 29.7. The quantitative estimate of drug-likeness (QED) is 0.689. The molecule has 2 aromatic rings. The highest BCUT2D eigenvalue weighted by molar-refractivity contribution is 6.06. The van der Waals surface area contributed by atoms with E-state index in [0.29, 0.717) is 18.0 Å². The van der Waals surface area contributed by atoms with Gasteiger partial charge in [-0.1, -0.05) is 30.3 Å². The number of carbonyl (C=O) groups excluding carboxylic acids is 2. The van der Waals surface area contributed by atoms with Crippen LogP contribution in [0.15, 0.2) is 54.6 Å². The monoisotopic (exact) mass is 420 g/mol. The molecule has 2 amide bonds. The summed E-state index contributed by atoms with van der Waals surface area (Å²) in [7, 11) is 0. The van der Waals surface area contributed by atoms with E-state index in [2.05, 4.69) is 0 Å². The standard InChI is InChI=1S/C25H28N2O4/c1-2-30-21-12-6-4-10-19(21)14-15-24(28)27-18-23(25(29)26-16-8-3-9-17-26)31-22-13-7-5-11-20(22)27/h4-7,10-15,23H,2-3,8-9,16-18H2,1H3/b15-14+/t23-/m1/s1. The molecule has 4 rings (SSSR count). The minimum Gasteiger partial charge on any atom is -0.493 e. The summed E-state index contributed by atoms with van der Waals surface area (Å²) in [5.74, 6) is 1.05. The number of nitrogens with zero attached hydrogens (tertiary/aromatic N) is 2. The van der Waals surface area contributed by atoms with Crippen molar-refractivity contribution in [3.63, 3.8) is 0 Å². The zero-order chi connectivity index (χ0) is 21.6. The van der Waals surface area contributed by atoms with Gasteiger partial charge in [-0.2, -0.15) is 0 Å². The molecule has 1 saturated heterocycles. The maximum Gasteiger partial charge on any atom is 0.265 e. The molecule has 1 atom stereocenters. The van der Waals surface area contributed by atoms with Crippen LogP contribution in [0.5, 0.6) is 11.5 Å². The highest BCUT2D eigenvalue weighted by Crippen LogP contribution is 2.34. The molecule has 0 aromatic heterocycles. The Morgan fingerprint density at radius 1 is 1.06 bits per heavy atom. The van der Waals surface area contributed by atoms with Gasteiger partial charge >= 0.3 is 0 Å². The minimum atomic E-state index is -0.693. The maximum atomic E-state index is 13.2. The van der Waals surface area contributed by atoms with Crippen molar-refractivity contribution in [1.82, 2.24) is 4.90 Å². The molecule has 31 heavy (non-hydrogen) atoms. The van der Waals surface area contributed by atoms with Gasteiger partial charge in [-0.3, -0.25) is 9.59 Å². The highest BCUT2D eigenvalue weighted by Gasteiger charge is 2.35. The second kappa shape index (κ2) is 9.69. The summed E-state index contributed by atoms with van der Waals surface area (Å²) in [5, 5.41) is 0. The molecule has 2 aliphatic rings. The fraction of sp³-hybridized carbons (Fsp3) is 0.360. The largest absolute Gasteiger partial charge is 0.493 e. The number of carbonyl (C=O) groups is 2. The second-order valence-corrected chi connectivity index (χ2v) is 7.71. The van der Waals surface area contributed by atoms with Gasteiger partial charge in [-0.15, -0.1) is 0 Å². The number of amides is 2. The number of anilines is 1. The number of likely N-dealkylation sites (tertiary alicyclic amines) is 1. The Bertz CT molecular complexity index is 965. The molecule has 0 saturated carbocycles. The summed E-state index contributed by atoms with van der Waals surface area (Å²) in [6, 6.07) is 15.0. The molecule has 2 aromatic carbocycles. The molecule has 0 radical (unpaired) electrons. The predicted octanol–water partition coefficient (Wildman–Crippen LogP) is 3.91. The molecule has 0 unspecified atom stereocenters. The van der Waals surface area contributed by atoms with Crippen LogP contribution in [0.3, 0.4) is 0 Å². The van der Waals surface area contributed by atoms with Crippen molar-refractivity contribution in [2.45, 2.75) is 32.3 Å². The van der Waals surface area contributed by atoms with Crippen LogP contribution in [0.4, 0.5) is 5.69 Å². The molecule has 6 nitrogen and oxygen atoms in total. The predicted molar refractivity (Wildman–Crippen MR) is 120 cm³/mol. The third kappa shape index (κ3) is 4.74. The van der Waals surface area contributed by atoms with E-state index in [-0.39, 0.29) is 18.4 Å². The zero-order valence-electron chi connectivity index (χ0n) is 17.8. The summed E-state index contributed by atoms with van der Waals surface area (Å²) in [5.41, 5.74) is 1.51. The normalized spacial score (nSPS) is 18.4. The Labute approximate surface area is 183 Å². The first-order valence-corrected chi connectivity index (χ1v) is 10.9. The number of fused-ring (bicyclic) bond motifs is 1. The summed E-state index contributed by atoms with van der Waals surface area (Å²) < 4.78 is 11.7. The number of benzene rings is 2. The lowest BCUT2D eigenvalue weighted by molar-refractivity contribution is -0.139. The Kier molecular flexibility index (Phi) is 6.55. The van der Waals surface area contributed by atoms with Gasteiger partial charge in [-0.25, -0.2) is 0 Å². The maximum absolute atomic E-state index is 13.2. The van der Waals surface area contributed by atoms with Gasteiger partial charge in [0.05, 0.1) is 18.8 Å². The number of piperidine rings is 1. The van der Waals surface area contributed by atoms with Crippen molar-refractivity contribution < 1.29 is 19.1 Å². The topological polar surface area (TPSA) is 59.1 Å². The fourth-order valence-corrected chi connectivity index (χ4v) is 4.05. The Hall–Kier alpha value is -3.28. The molecule has 162 valence electrons. The van der Waals surface area contributed by atoms with Crippen LogP contribution in [0.1, 0.15) is 31.7 Å². The van der Waals surface area contributed by atoms with Gasteiger partial charge in [0.15, 0.2) is 6.10 Å². The van der Waals surface area contributed by atoms with Gasteiger partial charge in [-0.05, 0) is 50.5 Å². The van der Waals surface area contributed by atoms with Crippen LogP contribution in [-0.4, -0.2) is 49.1 Å². The van der Waals surface area contributed by atoms with Gasteiger partial charge in [0.1, 0.15) is 11.5 Å². The summed E-state index contributed by atoms with van der Waals surface area (Å²) in [6.45, 7) is 4.18. The van der Waals surface area contributed by atoms with E-state index in [0.717, 1.165) is 43.7 Å². The van der Waals surface area contributed by atoms with Crippen molar-refractivity contribution >= 4 is 23.6 Å². The van der Waals surface area contributed by atoms with Crippen LogP contribution in [0, 0.1) is 0 Å². The van der Waals surface area contributed by atoms with E-state index in [4.69, 9.17) is 9.47 Å². The van der Waals surface area contributed by atoms with E-state index in [1.165, 1.54) is 6.08 Å². The summed E-state index contributed by atoms with van der Waals surface area (Å²) >= 11 is 0. The molecule has 2 aliphatic heterocycles. The fourth-order valence-electron chi connectivity index (χ4n) is 4.05. The number of hydrogen-bond acceptors (Lipinski definition) is 4. The number of ether oxygens (including phenoxy) is 2. The Morgan fingerprint density at radius 2 is 1.81 bits per heavy atom. The lowest BCUT2D eigenvalue weighted by Gasteiger charge is -2.37. The van der Waals surface area contributed by atoms with Crippen molar-refractivity contribution in [2.24, 2.45) is 0 Å². The third-order valence-corrected chi connectivity index (χ3v) is 5.61. The molecule has 0 spiro atoms. The van der Waals surface area contributed by atoms with Crippen molar-refractivity contribution in [3.05, 3.63) is 60.2 Å². The lowest BCUT2D eigenvalue weighted by atomic mass is 10.1. The van der Waals surface area contributed by atoms with E-state index in [1.807, 2.05) is 54.3 Å². The first-order chi connectivity index (χ1) is 15.2. The smallest absolute Gasteiger partial charge is 0.265 e. The molecule has 1 fully saturated rings. The van der Waals surface area contributed by atoms with Crippen LogP contribution < -0.4 is 14.4 Å². The number of hydrogen-bond donors (Lipinski definition) is 0. The van der Waals surface area contributed by atoms with Crippen LogP contribution in [-0.2, 0) is 9.59 Å². The van der Waals surface area contributed by atoms with Crippen LogP contribution in [0.25, 0.3) is 6.08 Å². The van der Waals surface area contributed by atoms with Crippen molar-refractivity contribution in [3.8, 4) is 11.5 Å². The molecule has 6 heteroatoms. The van der Waals surface area contributed by atoms with Gasteiger partial charge in [0.25, 0.3) is 11.8 Å². The third-order valence-electron chi connectivity index (χ3n) is 5.61. The summed E-state index contributed by atoms with van der Waals surface area (Å²) in [6.07, 6.45) is 5.77. The van der Waals surface area contributed by atoms with E-state index in [1.54, 1.807) is 17.0 Å². The zero-order valence-corrected chi connectivity index (χ0v) is 17.8. The molecule has 0 aliphatic carbocycles. The molecule has 2 heterocycles. The average molecular weight is 421 g/mol. The number of rotatable bonds is 5. The van der Waals surface area contributed by atoms with Gasteiger partial charge in [0.2, 0.25) is 0 Å². The molecular formula is C25H28N2O4. The molecule has 0 N–H and O–H groups in total. The lowest BCUT2D eigenvalue weighted by Crippen LogP contribution is -2.52. The number of para-hydroxylation sites is 3. The van der Waals surface area contributed by atoms with Crippen molar-refractivity contribution in [1.29, 1.82) is 0 Å². The minimum absolute atomic E-state index is 0.0438. The van der Waals surface area contributed by atoms with E-state index >= 15 is 0 Å². The van der Waals surface area contributed by atoms with Gasteiger partial charge in [0, 0.05) is 24.7 Å². The molecular weight excluding hydrogens is 392 g/mol. The first-order valence-electron chi connectivity index (χ1n) is 10.9. The van der Waals surface area contributed by atoms with Crippen molar-refractivity contribution in [2.75, 3.05) is 31.1 Å². The highest BCUT2D eigenvalue weighted by atomic mass is 16.5. The van der Waals surface area contributed by atoms with E-state index < -0.39 is 6.10 Å². The SMILES string of the molecule is CCOc1ccccc1/C=C/C(=O)N1C[C@H](C(=O)N2CCCCC2)Oc2ccccc21. The Morgan fingerprint density at radius 3 is 2.61 bits per heavy atom. The first kappa shape index (κ1) is 21.0. The average Bonchev–Trinajstić information content (AvgIpc) is 2.83. The van der Waals surface area contributed by atoms with E-state index in [9.17, 15) is 9.59 Å². The second-order valence-electron chi connectivity index (χ2n) is 7.71. The van der Waals surface area contributed by atoms with Crippen LogP contribution >= 0.6 is 0 Å².